The van der Waals surface area contributed by atoms with Crippen LogP contribution in [-0.2, 0) is 0 Å². The number of hydrogen-bond donors (Lipinski definition) is 0. The molecule has 0 nitrogen and oxygen atoms in total. The zero-order chi connectivity index (χ0) is 25.9. The number of hydrogen-bond acceptors (Lipinski definition) is 0. The van der Waals surface area contributed by atoms with Crippen molar-refractivity contribution in [2.24, 2.45) is 139 Å². The first-order chi connectivity index (χ1) is 18.2. The molecule has 0 heterocycles. The number of rotatable bonds is 0. The maximum atomic E-state index is 3.09. The second-order valence-corrected chi connectivity index (χ2v) is 22.8. The largest absolute Gasteiger partial charge is 0.0588 e. The van der Waals surface area contributed by atoms with Crippen LogP contribution >= 0.6 is 0 Å². The summed E-state index contributed by atoms with van der Waals surface area (Å²) in [6, 6.07) is 0. The van der Waals surface area contributed by atoms with E-state index in [0.717, 1.165) is 72.4 Å². The van der Waals surface area contributed by atoms with E-state index in [-0.39, 0.29) is 0 Å². The van der Waals surface area contributed by atoms with E-state index in [4.69, 9.17) is 0 Å². The Kier molecular flexibility index (Phi) is 1.47. The van der Waals surface area contributed by atoms with Crippen molar-refractivity contribution in [3.8, 4) is 0 Å². The Morgan fingerprint density at radius 1 is 0.410 bits per heavy atom. The van der Waals surface area contributed by atoms with Crippen LogP contribution in [0.3, 0.4) is 0 Å². The zero-order valence-electron chi connectivity index (χ0n) is 25.9. The first-order valence-electron chi connectivity index (χ1n) is 18.2. The summed E-state index contributed by atoms with van der Waals surface area (Å²) in [5.74, 6) is 9.27. The fourth-order valence-corrected chi connectivity index (χ4v) is 33.0. The lowest BCUT2D eigenvalue weighted by Crippen LogP contribution is -3.33. The van der Waals surface area contributed by atoms with Crippen LogP contribution in [0.4, 0.5) is 0 Å². The van der Waals surface area contributed by atoms with Gasteiger partial charge in [-0.15, -0.1) is 0 Å². The molecule has 0 aliphatic heterocycles. The lowest BCUT2D eigenvalue weighted by molar-refractivity contribution is -0.897. The molecule has 0 aromatic heterocycles. The third kappa shape index (κ3) is 0.523. The quantitative estimate of drug-likeness (QED) is 0.311. The van der Waals surface area contributed by atoms with Crippen molar-refractivity contribution in [2.45, 2.75) is 94.9 Å². The van der Waals surface area contributed by atoms with Crippen molar-refractivity contribution >= 4 is 0 Å². The summed E-state index contributed by atoms with van der Waals surface area (Å²) in [6.07, 6.45) is 6.59. The van der Waals surface area contributed by atoms with Gasteiger partial charge in [0.15, 0.2) is 0 Å². The lowest BCUT2D eigenvalue weighted by atomic mass is 8.68. The van der Waals surface area contributed by atoms with Crippen LogP contribution in [0.25, 0.3) is 0 Å². The van der Waals surface area contributed by atoms with Crippen LogP contribution in [0, 0.1) is 139 Å². The molecule has 0 aromatic carbocycles. The van der Waals surface area contributed by atoms with Gasteiger partial charge in [0, 0.05) is 0 Å². The van der Waals surface area contributed by atoms with Gasteiger partial charge in [0.2, 0.25) is 0 Å². The summed E-state index contributed by atoms with van der Waals surface area (Å²) in [7, 11) is 0. The molecular formula is C39H46. The molecule has 39 heavy (non-hydrogen) atoms. The summed E-state index contributed by atoms with van der Waals surface area (Å²) < 4.78 is 0. The highest BCUT2D eigenvalue weighted by atomic mass is 15.5. The molecule has 0 saturated heterocycles. The molecule has 24 unspecified atom stereocenters. The van der Waals surface area contributed by atoms with Crippen molar-refractivity contribution in [3.63, 3.8) is 0 Å². The highest BCUT2D eigenvalue weighted by Crippen LogP contribution is 3.51. The third-order valence-corrected chi connectivity index (χ3v) is 28.9. The average Bonchev–Trinajstić information content (AvgIpc) is 3.63. The Morgan fingerprint density at radius 2 is 1.08 bits per heavy atom. The molecule has 14 bridgehead atoms. The van der Waals surface area contributed by atoms with Gasteiger partial charge in [-0.1, -0.05) is 75.7 Å². The molecule has 0 amide bonds. The second kappa shape index (κ2) is 3.08. The van der Waals surface area contributed by atoms with Crippen molar-refractivity contribution in [1.29, 1.82) is 0 Å². The van der Waals surface area contributed by atoms with E-state index < -0.39 is 0 Å². The second-order valence-electron chi connectivity index (χ2n) is 22.8. The molecule has 0 aromatic rings. The summed E-state index contributed by atoms with van der Waals surface area (Å²) in [6.45, 7) is 30.2. The van der Waals surface area contributed by atoms with E-state index in [0.29, 0.717) is 43.3 Å². The maximum absolute atomic E-state index is 3.09. The predicted octanol–water partition coefficient (Wildman–Crippen LogP) is 7.68. The molecule has 8 spiro atoms. The average molecular weight is 515 g/mol. The van der Waals surface area contributed by atoms with Crippen molar-refractivity contribution in [2.75, 3.05) is 0 Å². The van der Waals surface area contributed by atoms with Crippen molar-refractivity contribution in [3.05, 3.63) is 0 Å². The minimum absolute atomic E-state index is 0.488. The van der Waals surface area contributed by atoms with Gasteiger partial charge in [-0.2, -0.15) is 0 Å². The summed E-state index contributed by atoms with van der Waals surface area (Å²) in [5.41, 5.74) is 11.9. The Bertz CT molecular complexity index is 1820. The minimum Gasteiger partial charge on any atom is -0.0588 e. The third-order valence-electron chi connectivity index (χ3n) is 28.9. The van der Waals surface area contributed by atoms with Crippen molar-refractivity contribution in [1.82, 2.24) is 0 Å². The summed E-state index contributed by atoms with van der Waals surface area (Å²) in [5, 5.41) is 0. The van der Waals surface area contributed by atoms with Crippen LogP contribution in [0.2, 0.25) is 0 Å². The first-order valence-corrected chi connectivity index (χ1v) is 18.2. The molecule has 0 heteroatoms. The monoisotopic (exact) mass is 514 g/mol. The Hall–Kier alpha value is 0. The molecule has 20 fully saturated rings. The van der Waals surface area contributed by atoms with Gasteiger partial charge >= 0.3 is 0 Å². The molecule has 0 radical (unpaired) electrons. The van der Waals surface area contributed by atoms with Crippen LogP contribution < -0.4 is 0 Å². The SMILES string of the molecule is CC1(C)C2(C)C3(C)C4CCCC5C6CC7C8C9C%10C4C24C1(C)C1(C)C2(C)C%11(C)C5(C)C5(C)C68C76C97C%103C14C27C5%116. The van der Waals surface area contributed by atoms with E-state index in [1.54, 1.807) is 25.7 Å². The first kappa shape index (κ1) is 18.6. The van der Waals surface area contributed by atoms with Crippen LogP contribution in [0.1, 0.15) is 94.9 Å². The van der Waals surface area contributed by atoms with Gasteiger partial charge in [0.05, 0.1) is 0 Å². The molecule has 202 valence electrons. The highest BCUT2D eigenvalue weighted by molar-refractivity contribution is 5.94. The summed E-state index contributed by atoms with van der Waals surface area (Å²) >= 11 is 0. The molecular weight excluding hydrogens is 468 g/mol. The van der Waals surface area contributed by atoms with Gasteiger partial charge in [-0.3, -0.25) is 0 Å². The van der Waals surface area contributed by atoms with Gasteiger partial charge in [0.25, 0.3) is 0 Å². The van der Waals surface area contributed by atoms with E-state index >= 15 is 0 Å². The van der Waals surface area contributed by atoms with Gasteiger partial charge < -0.3 is 0 Å². The Morgan fingerprint density at radius 3 is 1.82 bits per heavy atom. The summed E-state index contributed by atoms with van der Waals surface area (Å²) in [4.78, 5) is 0. The zero-order valence-corrected chi connectivity index (χ0v) is 25.9. The normalized spacial score (nSPS) is 107. The smallest absolute Gasteiger partial charge is 0.00140 e. The fourth-order valence-electron chi connectivity index (χ4n) is 33.0. The molecule has 20 rings (SSSR count). The standard InChI is InChI=1S/C39H46/c1-23(2)26(5)25(4)16-13-11-12-15-17-14-18-19-21-22-20(16)35(26)27(23,6)30(9)31(10)28(7)24(15,3)29(8)32(17,19)33(18)36(21)34(22,25)38(30,35)39(31,36)37(28,29)33/h15-22H,11-14H2,1-10H3. The van der Waals surface area contributed by atoms with Gasteiger partial charge in [-0.05, 0) is 159 Å². The highest BCUT2D eigenvalue weighted by Gasteiger charge is 3.49. The van der Waals surface area contributed by atoms with Gasteiger partial charge in [-0.25, -0.2) is 0 Å². The molecule has 20 aliphatic carbocycles. The van der Waals surface area contributed by atoms with Crippen LogP contribution in [0.15, 0.2) is 0 Å². The molecule has 0 N–H and O–H groups in total. The van der Waals surface area contributed by atoms with Gasteiger partial charge in [0.1, 0.15) is 0 Å². The number of fused-ring (bicyclic) bond motifs is 6. The Balaban J connectivity index is 1.21. The molecule has 20 aliphatic rings. The van der Waals surface area contributed by atoms with E-state index in [9.17, 15) is 0 Å². The topological polar surface area (TPSA) is 0 Å². The fraction of sp³-hybridized carbons (Fsp3) is 1.00. The minimum atomic E-state index is 0.488. The van der Waals surface area contributed by atoms with Crippen molar-refractivity contribution < 1.29 is 0 Å². The van der Waals surface area contributed by atoms with E-state index in [2.05, 4.69) is 69.2 Å². The van der Waals surface area contributed by atoms with E-state index in [1.165, 1.54) is 23.7 Å². The molecule has 24 atom stereocenters. The van der Waals surface area contributed by atoms with Crippen LogP contribution in [0.5, 0.6) is 0 Å². The molecule has 20 saturated carbocycles. The Labute approximate surface area is 234 Å². The van der Waals surface area contributed by atoms with Crippen LogP contribution in [-0.4, -0.2) is 0 Å². The maximum Gasteiger partial charge on any atom is -0.00140 e. The van der Waals surface area contributed by atoms with E-state index in [1.807, 2.05) is 0 Å². The predicted molar refractivity (Wildman–Crippen MR) is 144 cm³/mol. The lowest BCUT2D eigenvalue weighted by Gasteiger charge is -3.34.